The van der Waals surface area contributed by atoms with Crippen LogP contribution >= 0.6 is 11.3 Å². The SMILES string of the molecule is Cc1nc([N+]2=NC(c3ccccc3)(c3ccccc3)N=N2)sc1C. The van der Waals surface area contributed by atoms with Crippen molar-refractivity contribution >= 4 is 16.5 Å². The molecule has 0 radical (unpaired) electrons. The average Bonchev–Trinajstić information content (AvgIpc) is 3.22. The van der Waals surface area contributed by atoms with E-state index in [1.54, 1.807) is 16.1 Å². The first kappa shape index (κ1) is 14.8. The van der Waals surface area contributed by atoms with Gasteiger partial charge in [0.05, 0.1) is 5.22 Å². The quantitative estimate of drug-likeness (QED) is 0.612. The van der Waals surface area contributed by atoms with E-state index in [-0.39, 0.29) is 0 Å². The van der Waals surface area contributed by atoms with E-state index in [9.17, 15) is 0 Å². The molecule has 1 aliphatic heterocycles. The lowest BCUT2D eigenvalue weighted by molar-refractivity contribution is -0.518. The standard InChI is InChI=1S/C18H16N5S/c1-13-14(2)24-17(19-13)23-21-18(20-22-23,15-9-5-3-6-10-15)16-11-7-4-8-12-16/h3-12H,1-2H3/q+1. The second kappa shape index (κ2) is 5.72. The predicted molar refractivity (Wildman–Crippen MR) is 92.5 cm³/mol. The van der Waals surface area contributed by atoms with Gasteiger partial charge >= 0.3 is 10.8 Å². The molecule has 3 aromatic rings. The number of thiazole rings is 1. The van der Waals surface area contributed by atoms with E-state index < -0.39 is 5.66 Å². The van der Waals surface area contributed by atoms with Crippen LogP contribution in [-0.2, 0) is 5.66 Å². The maximum absolute atomic E-state index is 4.83. The lowest BCUT2D eigenvalue weighted by atomic mass is 9.93. The van der Waals surface area contributed by atoms with Gasteiger partial charge in [0, 0.05) is 25.9 Å². The Bertz CT molecular complexity index is 870. The third-order valence-corrected chi connectivity index (χ3v) is 5.09. The molecule has 0 N–H and O–H groups in total. The van der Waals surface area contributed by atoms with Crippen molar-refractivity contribution in [2.75, 3.05) is 0 Å². The molecule has 6 heteroatoms. The number of nitrogens with zero attached hydrogens (tertiary/aromatic N) is 5. The summed E-state index contributed by atoms with van der Waals surface area (Å²) in [6.45, 7) is 4.04. The van der Waals surface area contributed by atoms with Crippen molar-refractivity contribution in [3.05, 3.63) is 82.4 Å². The van der Waals surface area contributed by atoms with Crippen LogP contribution in [0.4, 0.5) is 5.13 Å². The molecule has 0 spiro atoms. The number of benzene rings is 2. The fraction of sp³-hybridized carbons (Fsp3) is 0.167. The summed E-state index contributed by atoms with van der Waals surface area (Å²) in [4.78, 5) is 7.25. The number of hydrogen-bond donors (Lipinski definition) is 0. The number of azo groups is 1. The van der Waals surface area contributed by atoms with Crippen molar-refractivity contribution < 1.29 is 4.81 Å². The fourth-order valence-corrected chi connectivity index (χ4v) is 3.45. The summed E-state index contributed by atoms with van der Waals surface area (Å²) in [5.41, 5.74) is 2.09. The molecular formula is C18H16N5S+. The second-order valence-electron chi connectivity index (χ2n) is 5.62. The molecule has 118 valence electrons. The second-order valence-corrected chi connectivity index (χ2v) is 6.80. The maximum atomic E-state index is 4.83. The average molecular weight is 334 g/mol. The molecule has 0 aliphatic carbocycles. The molecule has 0 fully saturated rings. The zero-order valence-corrected chi connectivity index (χ0v) is 14.2. The van der Waals surface area contributed by atoms with E-state index in [4.69, 9.17) is 5.11 Å². The van der Waals surface area contributed by atoms with Gasteiger partial charge in [0.2, 0.25) is 0 Å². The van der Waals surface area contributed by atoms with Crippen molar-refractivity contribution in [2.24, 2.45) is 15.5 Å². The number of rotatable bonds is 3. The molecule has 0 bridgehead atoms. The highest BCUT2D eigenvalue weighted by atomic mass is 32.1. The van der Waals surface area contributed by atoms with Crippen LogP contribution in [0.25, 0.3) is 0 Å². The molecule has 2 aromatic carbocycles. The van der Waals surface area contributed by atoms with Crippen LogP contribution in [0.3, 0.4) is 0 Å². The van der Waals surface area contributed by atoms with E-state index in [0.29, 0.717) is 0 Å². The van der Waals surface area contributed by atoms with Gasteiger partial charge in [-0.1, -0.05) is 82.1 Å². The van der Waals surface area contributed by atoms with Crippen LogP contribution < -0.4 is 0 Å². The summed E-state index contributed by atoms with van der Waals surface area (Å²) in [7, 11) is 0. The van der Waals surface area contributed by atoms with E-state index >= 15 is 0 Å². The summed E-state index contributed by atoms with van der Waals surface area (Å²) >= 11 is 1.57. The normalized spacial score (nSPS) is 15.5. The van der Waals surface area contributed by atoms with Gasteiger partial charge in [-0.05, 0) is 13.8 Å². The molecule has 0 saturated heterocycles. The molecule has 1 aliphatic rings. The Morgan fingerprint density at radius 1 is 0.875 bits per heavy atom. The Kier molecular flexibility index (Phi) is 3.54. The van der Waals surface area contributed by atoms with Crippen LogP contribution in [0.1, 0.15) is 21.7 Å². The van der Waals surface area contributed by atoms with Crippen molar-refractivity contribution in [1.29, 1.82) is 0 Å². The summed E-state index contributed by atoms with van der Waals surface area (Å²) in [5, 5.41) is 14.4. The van der Waals surface area contributed by atoms with Crippen molar-refractivity contribution in [1.82, 2.24) is 4.98 Å². The van der Waals surface area contributed by atoms with Crippen LogP contribution in [-0.4, -0.2) is 9.79 Å². The van der Waals surface area contributed by atoms with Crippen molar-refractivity contribution in [2.45, 2.75) is 19.5 Å². The van der Waals surface area contributed by atoms with Crippen molar-refractivity contribution in [3.8, 4) is 0 Å². The summed E-state index contributed by atoms with van der Waals surface area (Å²) in [6.07, 6.45) is 0. The van der Waals surface area contributed by atoms with Crippen molar-refractivity contribution in [3.63, 3.8) is 0 Å². The molecule has 2 heterocycles. The number of aryl methyl sites for hydroxylation is 2. The van der Waals surface area contributed by atoms with Crippen LogP contribution in [0.2, 0.25) is 0 Å². The minimum atomic E-state index is -0.865. The number of aromatic nitrogens is 1. The number of hydrogen-bond acceptors (Lipinski definition) is 5. The summed E-state index contributed by atoms with van der Waals surface area (Å²) < 4.78 is 0. The maximum Gasteiger partial charge on any atom is 0.366 e. The van der Waals surface area contributed by atoms with Gasteiger partial charge in [-0.2, -0.15) is 0 Å². The van der Waals surface area contributed by atoms with Gasteiger partial charge in [-0.3, -0.25) is 0 Å². The van der Waals surface area contributed by atoms with E-state index in [1.165, 1.54) is 0 Å². The smallest absolute Gasteiger partial charge is 0.0938 e. The molecule has 0 amide bonds. The molecule has 24 heavy (non-hydrogen) atoms. The van der Waals surface area contributed by atoms with Gasteiger partial charge in [0.1, 0.15) is 5.69 Å². The van der Waals surface area contributed by atoms with Gasteiger partial charge in [-0.15, -0.1) is 0 Å². The Labute approximate surface area is 144 Å². The van der Waals surface area contributed by atoms with E-state index in [0.717, 1.165) is 26.8 Å². The largest absolute Gasteiger partial charge is 0.366 e. The summed E-state index contributed by atoms with van der Waals surface area (Å²) in [6, 6.07) is 20.0. The van der Waals surface area contributed by atoms with E-state index in [1.807, 2.05) is 74.5 Å². The molecular weight excluding hydrogens is 318 g/mol. The van der Waals surface area contributed by atoms with Gasteiger partial charge in [0.15, 0.2) is 0 Å². The first-order chi connectivity index (χ1) is 11.7. The molecule has 5 nitrogen and oxygen atoms in total. The minimum Gasteiger partial charge on any atom is -0.0938 e. The lowest BCUT2D eigenvalue weighted by Crippen LogP contribution is -2.20. The molecule has 0 unspecified atom stereocenters. The highest BCUT2D eigenvalue weighted by Gasteiger charge is 2.45. The summed E-state index contributed by atoms with van der Waals surface area (Å²) in [5.74, 6) is 0. The monoisotopic (exact) mass is 334 g/mol. The minimum absolute atomic E-state index is 0.738. The Morgan fingerprint density at radius 3 is 1.96 bits per heavy atom. The van der Waals surface area contributed by atoms with E-state index in [2.05, 4.69) is 15.3 Å². The topological polar surface area (TPSA) is 53.0 Å². The molecule has 4 rings (SSSR count). The Hall–Kier alpha value is -2.73. The van der Waals surface area contributed by atoms with Crippen LogP contribution in [0.15, 0.2) is 76.1 Å². The predicted octanol–water partition coefficient (Wildman–Crippen LogP) is 5.14. The third-order valence-electron chi connectivity index (χ3n) is 4.05. The van der Waals surface area contributed by atoms with Gasteiger partial charge in [0.25, 0.3) is 0 Å². The molecule has 1 aromatic heterocycles. The van der Waals surface area contributed by atoms with Crippen LogP contribution in [0, 0.1) is 13.8 Å². The van der Waals surface area contributed by atoms with Gasteiger partial charge < -0.3 is 0 Å². The van der Waals surface area contributed by atoms with Gasteiger partial charge in [-0.25, -0.2) is 0 Å². The zero-order valence-electron chi connectivity index (χ0n) is 13.4. The Morgan fingerprint density at radius 2 is 1.46 bits per heavy atom. The Balaban J connectivity index is 1.89. The molecule has 0 atom stereocenters. The highest BCUT2D eigenvalue weighted by molar-refractivity contribution is 7.14. The third kappa shape index (κ3) is 2.35. The molecule has 0 saturated carbocycles. The fourth-order valence-electron chi connectivity index (χ4n) is 2.65. The van der Waals surface area contributed by atoms with Crippen LogP contribution in [0.5, 0.6) is 0 Å². The first-order valence-electron chi connectivity index (χ1n) is 7.70. The zero-order chi connectivity index (χ0) is 16.6. The first-order valence-corrected chi connectivity index (χ1v) is 8.51. The lowest BCUT2D eigenvalue weighted by Gasteiger charge is -2.16. The highest BCUT2D eigenvalue weighted by Crippen LogP contribution is 2.41.